The Kier molecular flexibility index (Phi) is 6.22. The molecule has 0 saturated heterocycles. The highest BCUT2D eigenvalue weighted by Gasteiger charge is 2.15. The lowest BCUT2D eigenvalue weighted by Crippen LogP contribution is -2.41. The van der Waals surface area contributed by atoms with Gasteiger partial charge < -0.3 is 11.1 Å². The SMILES string of the molecule is NC(=O)C[C@@H](C[SH](=O)=O)NC(=O)CCl. The lowest BCUT2D eigenvalue weighted by molar-refractivity contribution is -0.120. The summed E-state index contributed by atoms with van der Waals surface area (Å²) in [6.07, 6.45) is -0.216. The average Bonchev–Trinajstić information content (AvgIpc) is 2.01. The molecule has 0 aliphatic carbocycles. The van der Waals surface area contributed by atoms with Crippen LogP contribution < -0.4 is 11.1 Å². The second-order valence-electron chi connectivity index (χ2n) is 2.58. The van der Waals surface area contributed by atoms with Gasteiger partial charge in [-0.25, -0.2) is 8.42 Å². The topological polar surface area (TPSA) is 106 Å². The van der Waals surface area contributed by atoms with E-state index in [0.717, 1.165) is 0 Å². The van der Waals surface area contributed by atoms with Crippen molar-refractivity contribution in [2.75, 3.05) is 11.6 Å². The number of carbonyl (C=O) groups excluding carboxylic acids is 2. The lowest BCUT2D eigenvalue weighted by atomic mass is 10.2. The van der Waals surface area contributed by atoms with E-state index in [1.807, 2.05) is 0 Å². The monoisotopic (exact) mass is 242 g/mol. The summed E-state index contributed by atoms with van der Waals surface area (Å²) in [6.45, 7) is 0. The normalized spacial score (nSPS) is 12.4. The summed E-state index contributed by atoms with van der Waals surface area (Å²) in [7, 11) is -2.67. The van der Waals surface area contributed by atoms with Crippen LogP contribution in [0, 0.1) is 0 Å². The van der Waals surface area contributed by atoms with Gasteiger partial charge in [-0.2, -0.15) is 0 Å². The molecule has 0 unspecified atom stereocenters. The van der Waals surface area contributed by atoms with Crippen molar-refractivity contribution in [3.05, 3.63) is 0 Å². The van der Waals surface area contributed by atoms with Gasteiger partial charge in [-0.05, 0) is 0 Å². The Morgan fingerprint density at radius 3 is 2.36 bits per heavy atom. The Morgan fingerprint density at radius 2 is 2.00 bits per heavy atom. The number of rotatable bonds is 6. The van der Waals surface area contributed by atoms with Gasteiger partial charge in [-0.15, -0.1) is 11.6 Å². The van der Waals surface area contributed by atoms with Crippen molar-refractivity contribution < 1.29 is 18.0 Å². The fourth-order valence-corrected chi connectivity index (χ4v) is 1.51. The minimum atomic E-state index is -2.67. The first-order valence-electron chi connectivity index (χ1n) is 3.71. The Bertz CT molecular complexity index is 284. The minimum Gasteiger partial charge on any atom is -0.370 e. The summed E-state index contributed by atoms with van der Waals surface area (Å²) in [5, 5.41) is 2.27. The molecular formula is C6H11ClN2O4S. The molecule has 0 bridgehead atoms. The number of nitrogens with one attached hydrogen (secondary N) is 1. The van der Waals surface area contributed by atoms with Crippen molar-refractivity contribution in [1.29, 1.82) is 0 Å². The molecule has 0 rings (SSSR count). The van der Waals surface area contributed by atoms with Crippen molar-refractivity contribution in [2.45, 2.75) is 12.5 Å². The molecule has 0 fully saturated rings. The van der Waals surface area contributed by atoms with Gasteiger partial charge in [0.05, 0.1) is 11.8 Å². The van der Waals surface area contributed by atoms with Gasteiger partial charge in [0, 0.05) is 6.42 Å². The first-order valence-corrected chi connectivity index (χ1v) is 5.61. The Morgan fingerprint density at radius 1 is 1.43 bits per heavy atom. The average molecular weight is 243 g/mol. The highest BCUT2D eigenvalue weighted by Crippen LogP contribution is 1.92. The van der Waals surface area contributed by atoms with E-state index in [1.165, 1.54) is 0 Å². The van der Waals surface area contributed by atoms with Crippen LogP contribution in [0.3, 0.4) is 0 Å². The number of amides is 2. The van der Waals surface area contributed by atoms with Crippen LogP contribution in [-0.2, 0) is 20.3 Å². The summed E-state index contributed by atoms with van der Waals surface area (Å²) in [5.74, 6) is -1.82. The maximum Gasteiger partial charge on any atom is 0.235 e. The molecule has 2 amide bonds. The summed E-state index contributed by atoms with van der Waals surface area (Å²) in [5.41, 5.74) is 4.87. The van der Waals surface area contributed by atoms with E-state index in [1.54, 1.807) is 0 Å². The molecular weight excluding hydrogens is 232 g/mol. The number of alkyl halides is 1. The largest absolute Gasteiger partial charge is 0.370 e. The Labute approximate surface area is 87.7 Å². The number of carbonyl (C=O) groups is 2. The van der Waals surface area contributed by atoms with Crippen molar-refractivity contribution >= 4 is 34.1 Å². The van der Waals surface area contributed by atoms with Gasteiger partial charge in [0.25, 0.3) is 0 Å². The Balaban J connectivity index is 4.23. The smallest absolute Gasteiger partial charge is 0.235 e. The van der Waals surface area contributed by atoms with Crippen molar-refractivity contribution in [2.24, 2.45) is 5.73 Å². The molecule has 1 atom stereocenters. The van der Waals surface area contributed by atoms with E-state index >= 15 is 0 Å². The molecule has 0 aliphatic heterocycles. The number of nitrogens with two attached hydrogens (primary N) is 1. The number of thiol groups is 1. The molecule has 0 aromatic carbocycles. The predicted octanol–water partition coefficient (Wildman–Crippen LogP) is -1.80. The lowest BCUT2D eigenvalue weighted by Gasteiger charge is -2.12. The molecule has 0 heterocycles. The van der Waals surface area contributed by atoms with E-state index in [2.05, 4.69) is 5.32 Å². The van der Waals surface area contributed by atoms with Gasteiger partial charge in [-0.1, -0.05) is 0 Å². The molecule has 0 aromatic rings. The molecule has 0 spiro atoms. The molecule has 3 N–H and O–H groups in total. The fraction of sp³-hybridized carbons (Fsp3) is 0.667. The highest BCUT2D eigenvalue weighted by atomic mass is 35.5. The highest BCUT2D eigenvalue weighted by molar-refractivity contribution is 7.72. The zero-order valence-electron chi connectivity index (χ0n) is 7.23. The van der Waals surface area contributed by atoms with Crippen LogP contribution in [0.25, 0.3) is 0 Å². The van der Waals surface area contributed by atoms with Crippen LogP contribution in [0.4, 0.5) is 0 Å². The van der Waals surface area contributed by atoms with Crippen LogP contribution in [0.15, 0.2) is 0 Å². The second-order valence-corrected chi connectivity index (χ2v) is 3.88. The molecule has 0 aromatic heterocycles. The minimum absolute atomic E-state index is 0.216. The predicted molar refractivity (Wildman–Crippen MR) is 51.6 cm³/mol. The van der Waals surface area contributed by atoms with Gasteiger partial charge in [0.1, 0.15) is 16.6 Å². The second kappa shape index (κ2) is 6.61. The van der Waals surface area contributed by atoms with Gasteiger partial charge in [0.2, 0.25) is 11.8 Å². The van der Waals surface area contributed by atoms with E-state index in [-0.39, 0.29) is 18.1 Å². The zero-order valence-corrected chi connectivity index (χ0v) is 8.88. The molecule has 0 radical (unpaired) electrons. The Hall–Kier alpha value is -0.820. The van der Waals surface area contributed by atoms with E-state index in [4.69, 9.17) is 17.3 Å². The van der Waals surface area contributed by atoms with Gasteiger partial charge in [0.15, 0.2) is 0 Å². The van der Waals surface area contributed by atoms with Gasteiger partial charge >= 0.3 is 0 Å². The maximum atomic E-state index is 10.8. The van der Waals surface area contributed by atoms with Crippen molar-refractivity contribution in [1.82, 2.24) is 5.32 Å². The van der Waals surface area contributed by atoms with Crippen LogP contribution in [-0.4, -0.2) is 37.9 Å². The number of halogens is 1. The van der Waals surface area contributed by atoms with E-state index in [9.17, 15) is 18.0 Å². The van der Waals surface area contributed by atoms with Crippen LogP contribution in [0.1, 0.15) is 6.42 Å². The third kappa shape index (κ3) is 6.67. The maximum absolute atomic E-state index is 10.8. The number of hydrogen-bond acceptors (Lipinski definition) is 4. The third-order valence-corrected chi connectivity index (χ3v) is 2.29. The molecule has 0 aliphatic rings. The van der Waals surface area contributed by atoms with Gasteiger partial charge in [-0.3, -0.25) is 9.59 Å². The van der Waals surface area contributed by atoms with E-state index < -0.39 is 28.6 Å². The fourth-order valence-electron chi connectivity index (χ4n) is 0.850. The first kappa shape index (κ1) is 13.2. The molecule has 82 valence electrons. The summed E-state index contributed by atoms with van der Waals surface area (Å²) in [6, 6.07) is -0.792. The number of primary amides is 1. The zero-order chi connectivity index (χ0) is 11.1. The molecule has 0 saturated carbocycles. The third-order valence-electron chi connectivity index (χ3n) is 1.30. The molecule has 6 nitrogen and oxygen atoms in total. The molecule has 14 heavy (non-hydrogen) atoms. The van der Waals surface area contributed by atoms with Crippen LogP contribution in [0.2, 0.25) is 0 Å². The van der Waals surface area contributed by atoms with Crippen LogP contribution >= 0.6 is 11.6 Å². The standard InChI is InChI=1S/C6H11ClN2O4S/c7-2-6(11)9-4(1-5(8)10)3-14(12)13/h4,14H,1-3H2,(H2,8,10)(H,9,11)/t4-/m0/s1. The summed E-state index contributed by atoms with van der Waals surface area (Å²) < 4.78 is 20.7. The summed E-state index contributed by atoms with van der Waals surface area (Å²) >= 11 is 5.19. The van der Waals surface area contributed by atoms with Crippen molar-refractivity contribution in [3.8, 4) is 0 Å². The van der Waals surface area contributed by atoms with Crippen LogP contribution in [0.5, 0.6) is 0 Å². The van der Waals surface area contributed by atoms with Crippen molar-refractivity contribution in [3.63, 3.8) is 0 Å². The number of hydrogen-bond donors (Lipinski definition) is 3. The quantitative estimate of drug-likeness (QED) is 0.377. The molecule has 8 heteroatoms. The van der Waals surface area contributed by atoms with E-state index in [0.29, 0.717) is 0 Å². The summed E-state index contributed by atoms with van der Waals surface area (Å²) in [4.78, 5) is 21.3. The first-order chi connectivity index (χ1) is 6.45.